The van der Waals surface area contributed by atoms with Crippen molar-refractivity contribution in [3.8, 4) is 0 Å². The molecule has 3 nitrogen and oxygen atoms in total. The molecule has 2 unspecified atom stereocenters. The maximum absolute atomic E-state index is 6.25. The second-order valence-corrected chi connectivity index (χ2v) is 7.07. The van der Waals surface area contributed by atoms with Crippen molar-refractivity contribution in [2.45, 2.75) is 76.0 Å². The predicted molar refractivity (Wildman–Crippen MR) is 78.1 cm³/mol. The molecule has 0 spiro atoms. The number of fused-ring (bicyclic) bond motifs is 1. The lowest BCUT2D eigenvalue weighted by atomic mass is 9.74. The minimum Gasteiger partial charge on any atom is -0.375 e. The number of ether oxygens (including phenoxy) is 1. The van der Waals surface area contributed by atoms with Crippen LogP contribution in [0.15, 0.2) is 0 Å². The van der Waals surface area contributed by atoms with Crippen molar-refractivity contribution < 1.29 is 4.74 Å². The highest BCUT2D eigenvalue weighted by Gasteiger charge is 2.46. The molecule has 2 N–H and O–H groups in total. The third-order valence-corrected chi connectivity index (χ3v) is 5.93. The van der Waals surface area contributed by atoms with Crippen molar-refractivity contribution in [1.82, 2.24) is 4.90 Å². The van der Waals surface area contributed by atoms with Gasteiger partial charge in [-0.1, -0.05) is 19.8 Å². The van der Waals surface area contributed by atoms with Gasteiger partial charge in [0.15, 0.2) is 0 Å². The molecule has 0 aromatic heterocycles. The van der Waals surface area contributed by atoms with Gasteiger partial charge in [0.25, 0.3) is 0 Å². The van der Waals surface area contributed by atoms with Gasteiger partial charge >= 0.3 is 0 Å². The highest BCUT2D eigenvalue weighted by atomic mass is 16.5. The van der Waals surface area contributed by atoms with Gasteiger partial charge in [-0.3, -0.25) is 4.90 Å². The van der Waals surface area contributed by atoms with Gasteiger partial charge in [-0.2, -0.15) is 0 Å². The summed E-state index contributed by atoms with van der Waals surface area (Å²) >= 11 is 0. The summed E-state index contributed by atoms with van der Waals surface area (Å²) in [6, 6.07) is 0.652. The van der Waals surface area contributed by atoms with Crippen LogP contribution in [0.1, 0.15) is 58.3 Å². The normalized spacial score (nSPS) is 44.8. The van der Waals surface area contributed by atoms with Crippen LogP contribution in [0.4, 0.5) is 0 Å². The van der Waals surface area contributed by atoms with E-state index in [1.54, 1.807) is 0 Å². The predicted octanol–water partition coefficient (Wildman–Crippen LogP) is 2.54. The first-order valence-corrected chi connectivity index (χ1v) is 8.33. The topological polar surface area (TPSA) is 38.5 Å². The van der Waals surface area contributed by atoms with Crippen molar-refractivity contribution in [3.63, 3.8) is 0 Å². The Kier molecular flexibility index (Phi) is 4.16. The molecule has 2 saturated carbocycles. The van der Waals surface area contributed by atoms with Crippen LogP contribution in [-0.2, 0) is 4.74 Å². The first-order chi connectivity index (χ1) is 9.25. The van der Waals surface area contributed by atoms with Crippen molar-refractivity contribution in [3.05, 3.63) is 0 Å². The minimum absolute atomic E-state index is 0.288. The summed E-state index contributed by atoms with van der Waals surface area (Å²) in [6.07, 6.45) is 11.1. The molecule has 19 heavy (non-hydrogen) atoms. The zero-order chi connectivity index (χ0) is 13.3. The van der Waals surface area contributed by atoms with Crippen LogP contribution in [0.2, 0.25) is 0 Å². The molecule has 3 aliphatic rings. The monoisotopic (exact) mass is 266 g/mol. The summed E-state index contributed by atoms with van der Waals surface area (Å²) in [4.78, 5) is 2.78. The molecule has 3 heteroatoms. The summed E-state index contributed by atoms with van der Waals surface area (Å²) in [5.41, 5.74) is 6.54. The average molecular weight is 266 g/mol. The standard InChI is InChI=1S/C16H30N2O/c1-13-6-8-16(12-17,9-7-13)18-10-11-19-15-5-3-2-4-14(15)18/h13-15H,2-12,17H2,1H3. The van der Waals surface area contributed by atoms with Crippen LogP contribution in [0, 0.1) is 5.92 Å². The number of hydrogen-bond acceptors (Lipinski definition) is 3. The van der Waals surface area contributed by atoms with Crippen LogP contribution in [0.5, 0.6) is 0 Å². The zero-order valence-electron chi connectivity index (χ0n) is 12.4. The maximum atomic E-state index is 6.25. The molecule has 3 fully saturated rings. The third-order valence-electron chi connectivity index (χ3n) is 5.93. The van der Waals surface area contributed by atoms with E-state index in [1.807, 2.05) is 0 Å². The van der Waals surface area contributed by atoms with E-state index >= 15 is 0 Å². The van der Waals surface area contributed by atoms with E-state index < -0.39 is 0 Å². The second-order valence-electron chi connectivity index (χ2n) is 7.07. The van der Waals surface area contributed by atoms with E-state index in [9.17, 15) is 0 Å². The fourth-order valence-electron chi connectivity index (χ4n) is 4.59. The summed E-state index contributed by atoms with van der Waals surface area (Å²) in [6.45, 7) is 5.25. The molecule has 3 rings (SSSR count). The Morgan fingerprint density at radius 2 is 1.89 bits per heavy atom. The van der Waals surface area contributed by atoms with Crippen LogP contribution in [0.3, 0.4) is 0 Å². The Morgan fingerprint density at radius 3 is 2.63 bits per heavy atom. The van der Waals surface area contributed by atoms with Gasteiger partial charge in [0.05, 0.1) is 12.7 Å². The molecule has 110 valence electrons. The Hall–Kier alpha value is -0.120. The SMILES string of the molecule is CC1CCC(CN)(N2CCOC3CCCCC32)CC1. The Bertz CT molecular complexity index is 297. The molecule has 1 aliphatic heterocycles. The molecule has 0 bridgehead atoms. The van der Waals surface area contributed by atoms with E-state index in [2.05, 4.69) is 11.8 Å². The van der Waals surface area contributed by atoms with Gasteiger partial charge in [-0.05, 0) is 44.4 Å². The highest BCUT2D eigenvalue weighted by Crippen LogP contribution is 2.41. The maximum Gasteiger partial charge on any atom is 0.0731 e. The largest absolute Gasteiger partial charge is 0.375 e. The third kappa shape index (κ3) is 2.57. The quantitative estimate of drug-likeness (QED) is 0.835. The van der Waals surface area contributed by atoms with E-state index in [0.29, 0.717) is 12.1 Å². The number of hydrogen-bond donors (Lipinski definition) is 1. The molecule has 2 atom stereocenters. The first kappa shape index (κ1) is 13.8. The van der Waals surface area contributed by atoms with Gasteiger partial charge in [-0.25, -0.2) is 0 Å². The van der Waals surface area contributed by atoms with Gasteiger partial charge < -0.3 is 10.5 Å². The fraction of sp³-hybridized carbons (Fsp3) is 1.00. The number of rotatable bonds is 2. The smallest absolute Gasteiger partial charge is 0.0731 e. The van der Waals surface area contributed by atoms with Crippen molar-refractivity contribution >= 4 is 0 Å². The summed E-state index contributed by atoms with van der Waals surface area (Å²) < 4.78 is 6.03. The van der Waals surface area contributed by atoms with Gasteiger partial charge in [0.1, 0.15) is 0 Å². The van der Waals surface area contributed by atoms with Crippen molar-refractivity contribution in [2.24, 2.45) is 11.7 Å². The van der Waals surface area contributed by atoms with Crippen LogP contribution in [-0.4, -0.2) is 42.3 Å². The zero-order valence-corrected chi connectivity index (χ0v) is 12.4. The van der Waals surface area contributed by atoms with Crippen LogP contribution < -0.4 is 5.73 Å². The second kappa shape index (κ2) is 5.71. The molecule has 0 radical (unpaired) electrons. The lowest BCUT2D eigenvalue weighted by Gasteiger charge is -2.55. The highest BCUT2D eigenvalue weighted by molar-refractivity contribution is 5.01. The molecule has 2 aliphatic carbocycles. The molecule has 0 amide bonds. The average Bonchev–Trinajstić information content (AvgIpc) is 2.48. The molecule has 0 aromatic carbocycles. The van der Waals surface area contributed by atoms with E-state index in [4.69, 9.17) is 10.5 Å². The van der Waals surface area contributed by atoms with Gasteiger partial charge in [0.2, 0.25) is 0 Å². The van der Waals surface area contributed by atoms with Gasteiger partial charge in [-0.15, -0.1) is 0 Å². The minimum atomic E-state index is 0.288. The number of nitrogens with zero attached hydrogens (tertiary/aromatic N) is 1. The van der Waals surface area contributed by atoms with E-state index in [0.717, 1.165) is 25.6 Å². The molecule has 0 aromatic rings. The lowest BCUT2D eigenvalue weighted by molar-refractivity contribution is -0.133. The Morgan fingerprint density at radius 1 is 1.16 bits per heavy atom. The summed E-state index contributed by atoms with van der Waals surface area (Å²) in [5, 5.41) is 0. The molecular weight excluding hydrogens is 236 g/mol. The molecule has 1 heterocycles. The summed E-state index contributed by atoms with van der Waals surface area (Å²) in [5.74, 6) is 0.892. The van der Waals surface area contributed by atoms with Crippen LogP contribution in [0.25, 0.3) is 0 Å². The summed E-state index contributed by atoms with van der Waals surface area (Å²) in [7, 11) is 0. The Labute approximate surface area is 117 Å². The fourth-order valence-corrected chi connectivity index (χ4v) is 4.59. The van der Waals surface area contributed by atoms with Crippen molar-refractivity contribution in [1.29, 1.82) is 0 Å². The van der Waals surface area contributed by atoms with E-state index in [-0.39, 0.29) is 5.54 Å². The van der Waals surface area contributed by atoms with Crippen molar-refractivity contribution in [2.75, 3.05) is 19.7 Å². The number of morpholine rings is 1. The molecule has 1 saturated heterocycles. The van der Waals surface area contributed by atoms with Crippen LogP contribution >= 0.6 is 0 Å². The number of nitrogens with two attached hydrogens (primary N) is 1. The van der Waals surface area contributed by atoms with E-state index in [1.165, 1.54) is 51.4 Å². The molecular formula is C16H30N2O. The lowest BCUT2D eigenvalue weighted by Crippen LogP contribution is -2.65. The van der Waals surface area contributed by atoms with Gasteiger partial charge in [0, 0.05) is 24.7 Å². The first-order valence-electron chi connectivity index (χ1n) is 8.33. The Balaban J connectivity index is 1.77.